The van der Waals surface area contributed by atoms with Crippen LogP contribution in [0.3, 0.4) is 0 Å². The van der Waals surface area contributed by atoms with Crippen LogP contribution in [0.5, 0.6) is 0 Å². The van der Waals surface area contributed by atoms with Crippen molar-refractivity contribution in [2.75, 3.05) is 11.9 Å². The molecule has 1 aromatic rings. The molecule has 0 radical (unpaired) electrons. The van der Waals surface area contributed by atoms with E-state index in [4.69, 9.17) is 10.5 Å². The van der Waals surface area contributed by atoms with E-state index in [-0.39, 0.29) is 30.5 Å². The molecular formula is C15H23ClN2O2S. The van der Waals surface area contributed by atoms with Gasteiger partial charge < -0.3 is 15.8 Å². The molecule has 0 spiro atoms. The highest BCUT2D eigenvalue weighted by molar-refractivity contribution is 7.16. The fraction of sp³-hybridized carbons (Fsp3) is 0.667. The van der Waals surface area contributed by atoms with Crippen molar-refractivity contribution in [1.29, 1.82) is 0 Å². The fourth-order valence-electron chi connectivity index (χ4n) is 3.11. The molecule has 1 saturated heterocycles. The summed E-state index contributed by atoms with van der Waals surface area (Å²) >= 11 is 1.74. The predicted octanol–water partition coefficient (Wildman–Crippen LogP) is 2.80. The van der Waals surface area contributed by atoms with E-state index in [1.54, 1.807) is 11.3 Å². The van der Waals surface area contributed by atoms with Crippen molar-refractivity contribution < 1.29 is 9.53 Å². The summed E-state index contributed by atoms with van der Waals surface area (Å²) in [5, 5.41) is 4.08. The summed E-state index contributed by atoms with van der Waals surface area (Å²) in [5.74, 6) is -0.0114. The maximum absolute atomic E-state index is 12.3. The Kier molecular flexibility index (Phi) is 5.66. The monoisotopic (exact) mass is 330 g/mol. The number of amides is 1. The minimum Gasteiger partial charge on any atom is -0.364 e. The van der Waals surface area contributed by atoms with Gasteiger partial charge in [-0.25, -0.2) is 0 Å². The molecule has 4 nitrogen and oxygen atoms in total. The number of ether oxygens (including phenoxy) is 1. The van der Waals surface area contributed by atoms with E-state index in [1.807, 2.05) is 0 Å². The van der Waals surface area contributed by atoms with Gasteiger partial charge in [-0.05, 0) is 56.6 Å². The van der Waals surface area contributed by atoms with Crippen LogP contribution in [0.2, 0.25) is 0 Å². The number of hydrogen-bond acceptors (Lipinski definition) is 4. The van der Waals surface area contributed by atoms with E-state index in [9.17, 15) is 4.79 Å². The third-order valence-electron chi connectivity index (χ3n) is 4.34. The molecule has 1 aromatic heterocycles. The van der Waals surface area contributed by atoms with Crippen molar-refractivity contribution in [3.8, 4) is 0 Å². The highest BCUT2D eigenvalue weighted by Crippen LogP contribution is 2.37. The van der Waals surface area contributed by atoms with Crippen LogP contribution in [-0.2, 0) is 22.4 Å². The molecule has 6 heteroatoms. The first-order chi connectivity index (χ1) is 9.69. The van der Waals surface area contributed by atoms with Crippen LogP contribution < -0.4 is 11.1 Å². The van der Waals surface area contributed by atoms with Gasteiger partial charge in [0.25, 0.3) is 5.91 Å². The van der Waals surface area contributed by atoms with Crippen LogP contribution in [-0.4, -0.2) is 24.7 Å². The second-order valence-corrected chi connectivity index (χ2v) is 6.82. The Morgan fingerprint density at radius 1 is 1.38 bits per heavy atom. The maximum atomic E-state index is 12.3. The Morgan fingerprint density at radius 3 is 2.81 bits per heavy atom. The van der Waals surface area contributed by atoms with Gasteiger partial charge in [-0.15, -0.1) is 23.7 Å². The van der Waals surface area contributed by atoms with Gasteiger partial charge in [-0.3, -0.25) is 4.79 Å². The molecule has 0 saturated carbocycles. The second-order valence-electron chi connectivity index (χ2n) is 5.71. The largest absolute Gasteiger partial charge is 0.364 e. The van der Waals surface area contributed by atoms with Gasteiger partial charge in [0.1, 0.15) is 6.10 Å². The number of fused-ring (bicyclic) bond motifs is 1. The van der Waals surface area contributed by atoms with Crippen LogP contribution in [0.25, 0.3) is 0 Å². The molecule has 2 aliphatic rings. The SMILES string of the molecule is Cc1c(NC(=O)[C@@H]2CC[C@H](CN)O2)sc2c1CCCC2.Cl. The first-order valence-corrected chi connectivity index (χ1v) is 8.28. The Morgan fingerprint density at radius 2 is 2.14 bits per heavy atom. The Balaban J connectivity index is 0.00000161. The molecule has 1 amide bonds. The lowest BCUT2D eigenvalue weighted by molar-refractivity contribution is -0.126. The van der Waals surface area contributed by atoms with Gasteiger partial charge in [-0.2, -0.15) is 0 Å². The van der Waals surface area contributed by atoms with Crippen molar-refractivity contribution in [1.82, 2.24) is 0 Å². The average molecular weight is 331 g/mol. The van der Waals surface area contributed by atoms with E-state index < -0.39 is 0 Å². The van der Waals surface area contributed by atoms with Gasteiger partial charge >= 0.3 is 0 Å². The van der Waals surface area contributed by atoms with Gasteiger partial charge in [0.2, 0.25) is 0 Å². The zero-order chi connectivity index (χ0) is 14.1. The quantitative estimate of drug-likeness (QED) is 0.895. The van der Waals surface area contributed by atoms with Crippen LogP contribution in [0, 0.1) is 6.92 Å². The van der Waals surface area contributed by atoms with Crippen LogP contribution in [0.15, 0.2) is 0 Å². The molecule has 1 aliphatic carbocycles. The molecule has 1 fully saturated rings. The summed E-state index contributed by atoms with van der Waals surface area (Å²) in [6, 6.07) is 0. The lowest BCUT2D eigenvalue weighted by Crippen LogP contribution is -2.29. The number of carbonyl (C=O) groups excluding carboxylic acids is 1. The molecule has 1 aliphatic heterocycles. The summed E-state index contributed by atoms with van der Waals surface area (Å²) < 4.78 is 5.65. The van der Waals surface area contributed by atoms with E-state index in [0.29, 0.717) is 6.54 Å². The summed E-state index contributed by atoms with van der Waals surface area (Å²) in [4.78, 5) is 13.7. The molecule has 0 bridgehead atoms. The maximum Gasteiger partial charge on any atom is 0.254 e. The van der Waals surface area contributed by atoms with Crippen LogP contribution in [0.1, 0.15) is 41.7 Å². The standard InChI is InChI=1S/C15H22N2O2S.ClH/c1-9-11-4-2-3-5-13(11)20-15(9)17-14(18)12-7-6-10(8-16)19-12;/h10,12H,2-8,16H2,1H3,(H,17,18);1H/t10-,12+;/m1./s1. The van der Waals surface area contributed by atoms with E-state index in [2.05, 4.69) is 12.2 Å². The van der Waals surface area contributed by atoms with Crippen molar-refractivity contribution in [3.05, 3.63) is 16.0 Å². The zero-order valence-corrected chi connectivity index (χ0v) is 13.9. The lowest BCUT2D eigenvalue weighted by Gasteiger charge is -2.12. The third-order valence-corrected chi connectivity index (χ3v) is 5.64. The van der Waals surface area contributed by atoms with E-state index >= 15 is 0 Å². The number of rotatable bonds is 3. The Bertz CT molecular complexity index is 518. The Hall–Kier alpha value is -0.620. The number of aryl methyl sites for hydroxylation is 1. The highest BCUT2D eigenvalue weighted by Gasteiger charge is 2.30. The third kappa shape index (κ3) is 3.42. The first-order valence-electron chi connectivity index (χ1n) is 7.46. The van der Waals surface area contributed by atoms with E-state index in [0.717, 1.165) is 30.7 Å². The smallest absolute Gasteiger partial charge is 0.254 e. The fourth-order valence-corrected chi connectivity index (χ4v) is 4.41. The van der Waals surface area contributed by atoms with Gasteiger partial charge in [0.05, 0.1) is 11.1 Å². The van der Waals surface area contributed by atoms with Gasteiger partial charge in [-0.1, -0.05) is 0 Å². The molecule has 0 unspecified atom stereocenters. The molecule has 3 rings (SSSR count). The Labute approximate surface area is 135 Å². The number of nitrogens with two attached hydrogens (primary N) is 1. The normalized spacial score (nSPS) is 24.3. The summed E-state index contributed by atoms with van der Waals surface area (Å²) in [7, 11) is 0. The molecule has 3 N–H and O–H groups in total. The first kappa shape index (κ1) is 16.7. The van der Waals surface area contributed by atoms with Crippen molar-refractivity contribution >= 4 is 34.7 Å². The van der Waals surface area contributed by atoms with Crippen LogP contribution in [0.4, 0.5) is 5.00 Å². The van der Waals surface area contributed by atoms with Crippen molar-refractivity contribution in [3.63, 3.8) is 0 Å². The average Bonchev–Trinajstić information content (AvgIpc) is 3.05. The molecular weight excluding hydrogens is 308 g/mol. The van der Waals surface area contributed by atoms with Gasteiger partial charge in [0.15, 0.2) is 0 Å². The van der Waals surface area contributed by atoms with Crippen molar-refractivity contribution in [2.24, 2.45) is 5.73 Å². The predicted molar refractivity (Wildman–Crippen MR) is 88.5 cm³/mol. The van der Waals surface area contributed by atoms with Crippen LogP contribution >= 0.6 is 23.7 Å². The lowest BCUT2D eigenvalue weighted by atomic mass is 9.96. The molecule has 21 heavy (non-hydrogen) atoms. The number of nitrogens with one attached hydrogen (secondary N) is 1. The number of halogens is 1. The number of carbonyl (C=O) groups is 1. The molecule has 0 aromatic carbocycles. The molecule has 118 valence electrons. The molecule has 2 heterocycles. The van der Waals surface area contributed by atoms with E-state index in [1.165, 1.54) is 28.8 Å². The summed E-state index contributed by atoms with van der Waals surface area (Å²) in [5.41, 5.74) is 8.30. The number of hydrogen-bond donors (Lipinski definition) is 2. The highest BCUT2D eigenvalue weighted by atomic mass is 35.5. The second kappa shape index (κ2) is 7.09. The van der Waals surface area contributed by atoms with Gasteiger partial charge in [0, 0.05) is 11.4 Å². The number of anilines is 1. The summed E-state index contributed by atoms with van der Waals surface area (Å²) in [6.45, 7) is 2.62. The number of thiophene rings is 1. The minimum atomic E-state index is -0.331. The minimum absolute atomic E-state index is 0. The summed E-state index contributed by atoms with van der Waals surface area (Å²) in [6.07, 6.45) is 6.22. The molecule has 2 atom stereocenters. The van der Waals surface area contributed by atoms with Crippen molar-refractivity contribution in [2.45, 2.75) is 57.7 Å². The topological polar surface area (TPSA) is 64.4 Å². The zero-order valence-electron chi connectivity index (χ0n) is 12.3.